The van der Waals surface area contributed by atoms with E-state index in [1.54, 1.807) is 13.2 Å². The van der Waals surface area contributed by atoms with E-state index in [0.29, 0.717) is 5.75 Å². The van der Waals surface area contributed by atoms with E-state index in [1.807, 2.05) is 54.9 Å². The molecule has 2 heterocycles. The summed E-state index contributed by atoms with van der Waals surface area (Å²) in [5.74, 6) is 0.564. The van der Waals surface area contributed by atoms with Gasteiger partial charge in [-0.05, 0) is 29.8 Å². The number of nitrogens with zero attached hydrogens (tertiary/aromatic N) is 1. The molecule has 0 fully saturated rings. The Kier molecular flexibility index (Phi) is 3.76. The van der Waals surface area contributed by atoms with E-state index in [-0.39, 0.29) is 5.75 Å². The van der Waals surface area contributed by atoms with Crippen LogP contribution in [0.15, 0.2) is 77.9 Å². The van der Waals surface area contributed by atoms with Crippen LogP contribution in [0.5, 0.6) is 11.5 Å². The van der Waals surface area contributed by atoms with E-state index >= 15 is 0 Å². The lowest BCUT2D eigenvalue weighted by molar-refractivity contribution is 0.373. The second-order valence-corrected chi connectivity index (χ2v) is 6.70. The van der Waals surface area contributed by atoms with Crippen molar-refractivity contribution in [3.05, 3.63) is 89.6 Å². The number of aromatic amines is 1. The summed E-state index contributed by atoms with van der Waals surface area (Å²) in [6.07, 6.45) is 3.95. The number of methoxy groups -OCH3 is 1. The molecule has 0 bridgehead atoms. The van der Waals surface area contributed by atoms with Crippen LogP contribution in [0.2, 0.25) is 0 Å². The molecule has 0 spiro atoms. The predicted octanol–water partition coefficient (Wildman–Crippen LogP) is 5.56. The molecule has 0 saturated carbocycles. The predicted molar refractivity (Wildman–Crippen MR) is 113 cm³/mol. The van der Waals surface area contributed by atoms with Crippen molar-refractivity contribution in [2.24, 2.45) is 4.99 Å². The number of fused-ring (bicyclic) bond motifs is 2. The van der Waals surface area contributed by atoms with Gasteiger partial charge in [0.25, 0.3) is 0 Å². The van der Waals surface area contributed by atoms with Crippen LogP contribution < -0.4 is 4.74 Å². The molecule has 0 atom stereocenters. The summed E-state index contributed by atoms with van der Waals surface area (Å²) in [7, 11) is 1.56. The molecule has 4 nitrogen and oxygen atoms in total. The van der Waals surface area contributed by atoms with Crippen LogP contribution in [0.1, 0.15) is 16.7 Å². The van der Waals surface area contributed by atoms with Crippen LogP contribution in [0.4, 0.5) is 5.69 Å². The SMILES string of the molecule is COc1cc(/C(=C2/C=Nc3ccccc32)c2c[nH]c3ccccc23)ccc1O. The Morgan fingerprint density at radius 3 is 2.71 bits per heavy atom. The van der Waals surface area contributed by atoms with Gasteiger partial charge in [-0.25, -0.2) is 0 Å². The fourth-order valence-corrected chi connectivity index (χ4v) is 3.78. The summed E-state index contributed by atoms with van der Waals surface area (Å²) in [6, 6.07) is 21.8. The topological polar surface area (TPSA) is 57.6 Å². The summed E-state index contributed by atoms with van der Waals surface area (Å²) >= 11 is 0. The summed E-state index contributed by atoms with van der Waals surface area (Å²) in [5, 5.41) is 11.2. The lowest BCUT2D eigenvalue weighted by Gasteiger charge is -2.14. The molecule has 0 saturated heterocycles. The van der Waals surface area contributed by atoms with Gasteiger partial charge in [0.1, 0.15) is 0 Å². The standard InChI is InChI=1S/C24H18N2O2/c1-28-23-12-15(10-11-22(23)27)24(18-13-25-20-8-4-2-6-16(18)20)19-14-26-21-9-5-3-7-17(19)21/h2-14,25,27H,1H3/b24-19+. The average molecular weight is 366 g/mol. The van der Waals surface area contributed by atoms with Crippen molar-refractivity contribution >= 4 is 34.0 Å². The van der Waals surface area contributed by atoms with E-state index in [1.165, 1.54) is 0 Å². The Hall–Kier alpha value is -3.79. The largest absolute Gasteiger partial charge is 0.504 e. The van der Waals surface area contributed by atoms with Gasteiger partial charge in [0, 0.05) is 45.6 Å². The highest BCUT2D eigenvalue weighted by atomic mass is 16.5. The molecule has 136 valence electrons. The first-order valence-electron chi connectivity index (χ1n) is 9.08. The second-order valence-electron chi connectivity index (χ2n) is 6.70. The van der Waals surface area contributed by atoms with E-state index in [4.69, 9.17) is 4.74 Å². The zero-order chi connectivity index (χ0) is 19.1. The highest BCUT2D eigenvalue weighted by molar-refractivity contribution is 6.27. The fraction of sp³-hybridized carbons (Fsp3) is 0.0417. The van der Waals surface area contributed by atoms with Crippen LogP contribution in [0, 0.1) is 0 Å². The van der Waals surface area contributed by atoms with Crippen molar-refractivity contribution < 1.29 is 9.84 Å². The summed E-state index contributed by atoms with van der Waals surface area (Å²) in [4.78, 5) is 7.97. The molecule has 3 aromatic carbocycles. The number of allylic oxidation sites excluding steroid dienone is 1. The molecule has 5 rings (SSSR count). The molecule has 2 N–H and O–H groups in total. The Morgan fingerprint density at radius 2 is 1.82 bits per heavy atom. The Labute approximate surface area is 162 Å². The number of phenolic OH excluding ortho intramolecular Hbond substituents is 1. The third-order valence-corrected chi connectivity index (χ3v) is 5.12. The van der Waals surface area contributed by atoms with Gasteiger partial charge in [0.15, 0.2) is 11.5 Å². The molecule has 0 radical (unpaired) electrons. The maximum Gasteiger partial charge on any atom is 0.161 e. The number of H-pyrrole nitrogens is 1. The molecular weight excluding hydrogens is 348 g/mol. The van der Waals surface area contributed by atoms with Gasteiger partial charge in [-0.15, -0.1) is 0 Å². The molecule has 1 aromatic heterocycles. The molecule has 4 heteroatoms. The summed E-state index contributed by atoms with van der Waals surface area (Å²) in [6.45, 7) is 0. The number of ether oxygens (including phenoxy) is 1. The first-order chi connectivity index (χ1) is 13.8. The van der Waals surface area contributed by atoms with Gasteiger partial charge in [-0.1, -0.05) is 42.5 Å². The van der Waals surface area contributed by atoms with Gasteiger partial charge in [-0.2, -0.15) is 0 Å². The third-order valence-electron chi connectivity index (χ3n) is 5.12. The second kappa shape index (κ2) is 6.43. The van der Waals surface area contributed by atoms with E-state index in [2.05, 4.69) is 28.2 Å². The number of aromatic nitrogens is 1. The van der Waals surface area contributed by atoms with Gasteiger partial charge in [0.05, 0.1) is 12.8 Å². The minimum absolute atomic E-state index is 0.120. The molecule has 0 aliphatic carbocycles. The van der Waals surface area contributed by atoms with Gasteiger partial charge in [0.2, 0.25) is 0 Å². The van der Waals surface area contributed by atoms with Crippen LogP contribution in [0.25, 0.3) is 22.0 Å². The number of hydrogen-bond donors (Lipinski definition) is 2. The van der Waals surface area contributed by atoms with E-state index in [9.17, 15) is 5.11 Å². The third kappa shape index (κ3) is 2.50. The Balaban J connectivity index is 1.85. The van der Waals surface area contributed by atoms with Crippen LogP contribution in [0.3, 0.4) is 0 Å². The molecule has 1 aliphatic heterocycles. The Morgan fingerprint density at radius 1 is 1.00 bits per heavy atom. The van der Waals surface area contributed by atoms with Gasteiger partial charge in [-0.3, -0.25) is 4.99 Å². The van der Waals surface area contributed by atoms with Crippen molar-refractivity contribution in [1.29, 1.82) is 0 Å². The highest BCUT2D eigenvalue weighted by Crippen LogP contribution is 2.42. The van der Waals surface area contributed by atoms with Crippen molar-refractivity contribution in [3.8, 4) is 11.5 Å². The number of para-hydroxylation sites is 2. The lowest BCUT2D eigenvalue weighted by Crippen LogP contribution is -1.95. The van der Waals surface area contributed by atoms with Gasteiger partial charge < -0.3 is 14.8 Å². The number of benzene rings is 3. The zero-order valence-corrected chi connectivity index (χ0v) is 15.3. The molecule has 28 heavy (non-hydrogen) atoms. The number of hydrogen-bond acceptors (Lipinski definition) is 3. The van der Waals surface area contributed by atoms with Crippen LogP contribution >= 0.6 is 0 Å². The minimum Gasteiger partial charge on any atom is -0.504 e. The fourth-order valence-electron chi connectivity index (χ4n) is 3.78. The van der Waals surface area contributed by atoms with Crippen molar-refractivity contribution in [1.82, 2.24) is 4.98 Å². The van der Waals surface area contributed by atoms with Crippen LogP contribution in [-0.4, -0.2) is 23.4 Å². The maximum absolute atomic E-state index is 10.1. The highest BCUT2D eigenvalue weighted by Gasteiger charge is 2.21. The first kappa shape index (κ1) is 16.4. The lowest BCUT2D eigenvalue weighted by atomic mass is 9.90. The van der Waals surface area contributed by atoms with E-state index < -0.39 is 0 Å². The molecule has 4 aromatic rings. The molecule has 0 amide bonds. The summed E-state index contributed by atoms with van der Waals surface area (Å²) < 4.78 is 5.36. The van der Waals surface area contributed by atoms with E-state index in [0.717, 1.165) is 44.4 Å². The smallest absolute Gasteiger partial charge is 0.161 e. The normalized spacial score (nSPS) is 14.3. The number of aromatic hydroxyl groups is 1. The monoisotopic (exact) mass is 366 g/mol. The van der Waals surface area contributed by atoms with Crippen molar-refractivity contribution in [2.45, 2.75) is 0 Å². The minimum atomic E-state index is 0.120. The maximum atomic E-state index is 10.1. The number of rotatable bonds is 3. The number of aliphatic imine (C=N–C) groups is 1. The summed E-state index contributed by atoms with van der Waals surface area (Å²) in [5.41, 5.74) is 7.26. The Bertz CT molecular complexity index is 1260. The average Bonchev–Trinajstić information content (AvgIpc) is 3.35. The quantitative estimate of drug-likeness (QED) is 0.499. The zero-order valence-electron chi connectivity index (χ0n) is 15.3. The molecule has 1 aliphatic rings. The van der Waals surface area contributed by atoms with Crippen molar-refractivity contribution in [3.63, 3.8) is 0 Å². The van der Waals surface area contributed by atoms with Gasteiger partial charge >= 0.3 is 0 Å². The van der Waals surface area contributed by atoms with Crippen molar-refractivity contribution in [2.75, 3.05) is 7.11 Å². The number of phenols is 1. The molecular formula is C24H18N2O2. The molecule has 0 unspecified atom stereocenters. The van der Waals surface area contributed by atoms with Crippen LogP contribution in [-0.2, 0) is 0 Å². The number of nitrogens with one attached hydrogen (secondary N) is 1. The first-order valence-corrected chi connectivity index (χ1v) is 9.08.